The Bertz CT molecular complexity index is 2990. The lowest BCUT2D eigenvalue weighted by molar-refractivity contribution is -0.391. The normalized spacial score (nSPS) is 51.3. The maximum absolute atomic E-state index is 15.8. The van der Waals surface area contributed by atoms with Crippen molar-refractivity contribution in [3.05, 3.63) is 11.6 Å². The summed E-state index contributed by atoms with van der Waals surface area (Å²) in [6, 6.07) is -1.17. The van der Waals surface area contributed by atoms with E-state index in [-0.39, 0.29) is 37.0 Å². The van der Waals surface area contributed by atoms with Crippen molar-refractivity contribution < 1.29 is 158 Å². The number of carboxylic acid groups (broad SMARTS) is 1. The number of allylic oxidation sites excluding steroid dienone is 2. The largest absolute Gasteiger partial charge is 0.479 e. The number of carboxylic acids is 1. The molecule has 34 heteroatoms. The molecule has 6 aliphatic heterocycles. The zero-order valence-corrected chi connectivity index (χ0v) is 59.1. The van der Waals surface area contributed by atoms with Gasteiger partial charge in [0.2, 0.25) is 12.2 Å². The standard InChI is InChI=1S/C69H110N2O32/c1-28-51(98-57-46(84)41(79)32(74)25-93-57)45(83)49(87)59(95-28)101-54-40(78)31(71-39(77)11-9-8-10-20-70)24-92-61(54)103-63(91)69-19-18-64(2,3)21-30(69)29-12-13-36-65(4)16-15-38(66(5,27-73)35(65)14-17-67(36,6)68(29,7)22-37(69)76)97-62-55(102-60-48(86)44(82)43(81)34(23-72)96-60)52(50(88)53(100-62)56(89)90)99-58-47(85)42(80)33(75)26-94-58/h12,27-28,30-38,40-55,57-62,72,74-76,78-88H,8-11,13-26,70H2,1-7H3,(H,71,77)(H,89,90)/t28?,30?,31-,32+,33+,34?,35+,36?,37?,38-,40?,41?,42-,43-,44-,45?,46?,47?,48?,49?,50-,51-,52-,53?,54?,55?,57-,58-,59-,60-,61-,62+,65?,66+,67-,68+,69+/m0/s1. The van der Waals surface area contributed by atoms with Crippen molar-refractivity contribution in [1.29, 1.82) is 0 Å². The number of aliphatic hydroxyl groups excluding tert-OH is 15. The van der Waals surface area contributed by atoms with E-state index in [1.807, 2.05) is 0 Å². The number of rotatable bonds is 21. The number of unbranched alkanes of at least 4 members (excludes halogenated alkanes) is 2. The van der Waals surface area contributed by atoms with E-state index >= 15 is 4.79 Å². The Labute approximate surface area is 595 Å². The first-order valence-corrected chi connectivity index (χ1v) is 36.3. The number of aliphatic hydroxyl groups is 15. The molecule has 0 aromatic rings. The fourth-order valence-electron chi connectivity index (χ4n) is 19.6. The third-order valence-corrected chi connectivity index (χ3v) is 25.9. The summed E-state index contributed by atoms with van der Waals surface area (Å²) in [5, 5.41) is 180. The minimum Gasteiger partial charge on any atom is -0.479 e. The van der Waals surface area contributed by atoms with E-state index in [1.54, 1.807) is 6.92 Å². The van der Waals surface area contributed by atoms with Gasteiger partial charge in [0, 0.05) is 6.42 Å². The van der Waals surface area contributed by atoms with Crippen LogP contribution < -0.4 is 11.1 Å². The Morgan fingerprint density at radius 2 is 1.19 bits per heavy atom. The maximum atomic E-state index is 15.8. The summed E-state index contributed by atoms with van der Waals surface area (Å²) in [6.45, 7) is 11.9. The number of hydrogen-bond acceptors (Lipinski definition) is 32. The van der Waals surface area contributed by atoms with Crippen molar-refractivity contribution in [2.24, 2.45) is 56.0 Å². The van der Waals surface area contributed by atoms with Crippen LogP contribution in [0.3, 0.4) is 0 Å². The molecule has 103 heavy (non-hydrogen) atoms. The predicted octanol–water partition coefficient (Wildman–Crippen LogP) is -4.56. The van der Waals surface area contributed by atoms with E-state index in [0.29, 0.717) is 64.3 Å². The number of esters is 1. The Kier molecular flexibility index (Phi) is 24.5. The number of ether oxygens (including phenoxy) is 12. The average Bonchev–Trinajstić information content (AvgIpc) is 0.672. The van der Waals surface area contributed by atoms with Gasteiger partial charge in [-0.15, -0.1) is 0 Å². The molecule has 10 fully saturated rings. The number of nitrogens with two attached hydrogens (primary N) is 1. The highest BCUT2D eigenvalue weighted by Gasteiger charge is 2.73. The Balaban J connectivity index is 0.862. The maximum Gasteiger partial charge on any atom is 0.335 e. The summed E-state index contributed by atoms with van der Waals surface area (Å²) < 4.78 is 72.6. The second kappa shape index (κ2) is 31.2. The molecule has 6 heterocycles. The van der Waals surface area contributed by atoms with Gasteiger partial charge < -0.3 is 154 Å². The predicted molar refractivity (Wildman–Crippen MR) is 344 cm³/mol. The minimum atomic E-state index is -2.22. The summed E-state index contributed by atoms with van der Waals surface area (Å²) in [7, 11) is 0. The zero-order valence-electron chi connectivity index (χ0n) is 59.1. The number of fused-ring (bicyclic) bond motifs is 7. The fourth-order valence-corrected chi connectivity index (χ4v) is 19.6. The van der Waals surface area contributed by atoms with Crippen LogP contribution in [0.1, 0.15) is 132 Å². The number of aliphatic carboxylic acids is 1. The van der Waals surface area contributed by atoms with Crippen molar-refractivity contribution in [3.63, 3.8) is 0 Å². The molecule has 11 aliphatic rings. The molecule has 11 rings (SSSR count). The summed E-state index contributed by atoms with van der Waals surface area (Å²) in [5.74, 6) is -4.40. The molecule has 0 bridgehead atoms. The van der Waals surface area contributed by atoms with Crippen LogP contribution in [0.5, 0.6) is 0 Å². The van der Waals surface area contributed by atoms with Crippen LogP contribution in [0.25, 0.3) is 0 Å². The van der Waals surface area contributed by atoms with Gasteiger partial charge in [-0.3, -0.25) is 9.59 Å². The molecule has 0 radical (unpaired) electrons. The highest BCUT2D eigenvalue weighted by atomic mass is 16.8. The number of carbonyl (C=O) groups is 4. The molecular weight excluding hydrogens is 1370 g/mol. The topological polar surface area (TPSA) is 541 Å². The molecule has 1 amide bonds. The number of nitrogens with one attached hydrogen (secondary N) is 1. The lowest BCUT2D eigenvalue weighted by atomic mass is 9.33. The van der Waals surface area contributed by atoms with Crippen LogP contribution >= 0.6 is 0 Å². The SMILES string of the molecule is CC1O[C@@H](OC2C(O)[C@@H](NC(=O)CCCCCN)CO[C@H]2OC(=O)[C@]23CCC(C)(C)CC2C2=CCC4C5(C)CC[C@H](O[C@@H]6OC(C(=O)O)[C@@H](O)[C@H](O[C@@H]7OC[C@@H](O)[C@H](O)C7O)C6O[C@@H]6OC(CO)[C@H](O)[C@H](O)C6O)[C@](C)(C=O)[C@@H]5CC[C@]4(C)[C@]2(C)CC3O)C(O)C(O)[C@H]1O[C@@H]1OC[C@@H](O)C(O)C1O. The highest BCUT2D eigenvalue weighted by Crippen LogP contribution is 2.76. The molecule has 6 saturated heterocycles. The van der Waals surface area contributed by atoms with E-state index in [9.17, 15) is 96.1 Å². The summed E-state index contributed by atoms with van der Waals surface area (Å²) in [6.07, 6.45) is -41.7. The van der Waals surface area contributed by atoms with E-state index in [4.69, 9.17) is 62.6 Å². The molecule has 4 saturated carbocycles. The van der Waals surface area contributed by atoms with Gasteiger partial charge in [0.1, 0.15) is 115 Å². The van der Waals surface area contributed by atoms with Crippen LogP contribution in [-0.4, -0.2) is 317 Å². The average molecular weight is 1480 g/mol. The van der Waals surface area contributed by atoms with E-state index in [1.165, 1.54) is 6.92 Å². The Morgan fingerprint density at radius 1 is 0.592 bits per heavy atom. The van der Waals surface area contributed by atoms with Crippen molar-refractivity contribution in [1.82, 2.24) is 5.32 Å². The Hall–Kier alpha value is -3.26. The van der Waals surface area contributed by atoms with E-state index in [2.05, 4.69) is 46.0 Å². The van der Waals surface area contributed by atoms with Crippen molar-refractivity contribution in [2.75, 3.05) is 33.0 Å². The highest BCUT2D eigenvalue weighted by molar-refractivity contribution is 5.80. The van der Waals surface area contributed by atoms with Crippen LogP contribution in [0.2, 0.25) is 0 Å². The number of aldehydes is 1. The third kappa shape index (κ3) is 14.6. The number of amides is 1. The summed E-state index contributed by atoms with van der Waals surface area (Å²) in [4.78, 5) is 56.5. The van der Waals surface area contributed by atoms with Crippen LogP contribution in [0, 0.1) is 50.2 Å². The zero-order chi connectivity index (χ0) is 75.1. The molecule has 37 atom stereocenters. The molecule has 588 valence electrons. The van der Waals surface area contributed by atoms with Gasteiger partial charge >= 0.3 is 11.9 Å². The first-order valence-electron chi connectivity index (χ1n) is 36.3. The lowest BCUT2D eigenvalue weighted by Crippen LogP contribution is -2.69. The molecule has 19 N–H and O–H groups in total. The first-order chi connectivity index (χ1) is 48.5. The smallest absolute Gasteiger partial charge is 0.335 e. The van der Waals surface area contributed by atoms with Crippen LogP contribution in [0.15, 0.2) is 11.6 Å². The van der Waals surface area contributed by atoms with Crippen molar-refractivity contribution >= 4 is 24.1 Å². The van der Waals surface area contributed by atoms with Gasteiger partial charge in [0.25, 0.3) is 0 Å². The molecule has 34 nitrogen and oxygen atoms in total. The molecule has 0 spiro atoms. The molecular formula is C69H110N2O32. The number of hydrogen-bond donors (Lipinski definition) is 18. The second-order valence-corrected chi connectivity index (χ2v) is 32.5. The van der Waals surface area contributed by atoms with E-state index < -0.39 is 261 Å². The van der Waals surface area contributed by atoms with Gasteiger partial charge in [-0.25, -0.2) is 4.79 Å². The second-order valence-electron chi connectivity index (χ2n) is 32.5. The summed E-state index contributed by atoms with van der Waals surface area (Å²) in [5.41, 5.74) is 0.967. The molecule has 16 unspecified atom stereocenters. The van der Waals surface area contributed by atoms with Crippen LogP contribution in [0.4, 0.5) is 0 Å². The van der Waals surface area contributed by atoms with Gasteiger partial charge in [-0.1, -0.05) is 59.6 Å². The lowest BCUT2D eigenvalue weighted by Gasteiger charge is -2.71. The van der Waals surface area contributed by atoms with Crippen LogP contribution in [-0.2, 0) is 76.0 Å². The van der Waals surface area contributed by atoms with Crippen molar-refractivity contribution in [3.8, 4) is 0 Å². The first kappa shape index (κ1) is 80.7. The van der Waals surface area contributed by atoms with Gasteiger partial charge in [0.15, 0.2) is 43.7 Å². The summed E-state index contributed by atoms with van der Waals surface area (Å²) >= 11 is 0. The Morgan fingerprint density at radius 3 is 1.83 bits per heavy atom. The van der Waals surface area contributed by atoms with E-state index in [0.717, 1.165) is 11.9 Å². The van der Waals surface area contributed by atoms with Gasteiger partial charge in [-0.2, -0.15) is 0 Å². The molecule has 0 aromatic carbocycles. The number of carbonyl (C=O) groups excluding carboxylic acids is 3. The molecule has 0 aromatic heterocycles. The quantitative estimate of drug-likeness (QED) is 0.0169. The van der Waals surface area contributed by atoms with Crippen molar-refractivity contribution in [2.45, 2.75) is 310 Å². The monoisotopic (exact) mass is 1480 g/mol. The minimum absolute atomic E-state index is 0.0590. The molecule has 5 aliphatic carbocycles. The third-order valence-electron chi connectivity index (χ3n) is 25.9. The van der Waals surface area contributed by atoms with Gasteiger partial charge in [-0.05, 0) is 124 Å². The van der Waals surface area contributed by atoms with Gasteiger partial charge in [0.05, 0.1) is 56.2 Å². The fraction of sp³-hybridized carbons (Fsp3) is 0.913.